The number of ether oxygens (including phenoxy) is 1. The monoisotopic (exact) mass is 242 g/mol. The fourth-order valence-electron chi connectivity index (χ4n) is 2.13. The molecule has 5 nitrogen and oxygen atoms in total. The molecule has 1 atom stereocenters. The Morgan fingerprint density at radius 3 is 2.88 bits per heavy atom. The summed E-state index contributed by atoms with van der Waals surface area (Å²) in [6, 6.07) is 5.38. The number of nitrogens with two attached hydrogens (primary N) is 1. The molecule has 0 bridgehead atoms. The maximum Gasteiger partial charge on any atom is 0.274 e. The molecule has 0 aromatic heterocycles. The lowest BCUT2D eigenvalue weighted by molar-refractivity contribution is 0.410. The Kier molecular flexibility index (Phi) is 2.88. The van der Waals surface area contributed by atoms with Gasteiger partial charge in [-0.3, -0.25) is 0 Å². The summed E-state index contributed by atoms with van der Waals surface area (Å²) >= 11 is 0. The van der Waals surface area contributed by atoms with Crippen LogP contribution >= 0.6 is 0 Å². The lowest BCUT2D eigenvalue weighted by Crippen LogP contribution is -2.33. The standard InChI is InChI=1S/C10H14N2O3S/c1-15-10-4-2-3-7-8(10)5-6-9(7)12-16(11,13)14/h2-4,9,12H,5-6H2,1H3,(H2,11,13,14). The Hall–Kier alpha value is -1.11. The predicted molar refractivity (Wildman–Crippen MR) is 60.3 cm³/mol. The molecule has 0 saturated heterocycles. The van der Waals surface area contributed by atoms with Crippen LogP contribution in [0.2, 0.25) is 0 Å². The van der Waals surface area contributed by atoms with Crippen molar-refractivity contribution in [3.05, 3.63) is 29.3 Å². The van der Waals surface area contributed by atoms with Crippen molar-refractivity contribution in [3.8, 4) is 5.75 Å². The average Bonchev–Trinajstić information content (AvgIpc) is 2.59. The second-order valence-electron chi connectivity index (χ2n) is 3.78. The van der Waals surface area contributed by atoms with Crippen molar-refractivity contribution < 1.29 is 13.2 Å². The summed E-state index contributed by atoms with van der Waals surface area (Å²) in [6.45, 7) is 0. The largest absolute Gasteiger partial charge is 0.496 e. The van der Waals surface area contributed by atoms with Crippen molar-refractivity contribution >= 4 is 10.2 Å². The number of rotatable bonds is 3. The van der Waals surface area contributed by atoms with Crippen molar-refractivity contribution in [2.24, 2.45) is 5.14 Å². The number of benzene rings is 1. The minimum atomic E-state index is -3.66. The van der Waals surface area contributed by atoms with E-state index in [0.29, 0.717) is 6.42 Å². The smallest absolute Gasteiger partial charge is 0.274 e. The normalized spacial score (nSPS) is 19.5. The quantitative estimate of drug-likeness (QED) is 0.808. The van der Waals surface area contributed by atoms with Gasteiger partial charge in [0.05, 0.1) is 7.11 Å². The Labute approximate surface area is 94.8 Å². The fraction of sp³-hybridized carbons (Fsp3) is 0.400. The van der Waals surface area contributed by atoms with Gasteiger partial charge in [-0.15, -0.1) is 0 Å². The van der Waals surface area contributed by atoms with Gasteiger partial charge in [0.25, 0.3) is 10.2 Å². The zero-order valence-electron chi connectivity index (χ0n) is 8.93. The highest BCUT2D eigenvalue weighted by molar-refractivity contribution is 7.87. The van der Waals surface area contributed by atoms with Crippen LogP contribution in [0.15, 0.2) is 18.2 Å². The summed E-state index contributed by atoms with van der Waals surface area (Å²) in [6.07, 6.45) is 1.51. The molecule has 0 saturated carbocycles. The molecule has 1 aromatic carbocycles. The van der Waals surface area contributed by atoms with E-state index in [1.54, 1.807) is 7.11 Å². The number of methoxy groups -OCH3 is 1. The van der Waals surface area contributed by atoms with Crippen LogP contribution in [0.4, 0.5) is 0 Å². The van der Waals surface area contributed by atoms with Crippen LogP contribution in [0.1, 0.15) is 23.6 Å². The van der Waals surface area contributed by atoms with Gasteiger partial charge in [0.2, 0.25) is 0 Å². The topological polar surface area (TPSA) is 81.4 Å². The van der Waals surface area contributed by atoms with Crippen molar-refractivity contribution in [1.82, 2.24) is 4.72 Å². The minimum absolute atomic E-state index is 0.236. The highest BCUT2D eigenvalue weighted by Crippen LogP contribution is 2.36. The molecule has 1 aliphatic carbocycles. The van der Waals surface area contributed by atoms with Crippen molar-refractivity contribution in [3.63, 3.8) is 0 Å². The van der Waals surface area contributed by atoms with Crippen molar-refractivity contribution in [2.45, 2.75) is 18.9 Å². The van der Waals surface area contributed by atoms with E-state index in [9.17, 15) is 8.42 Å². The summed E-state index contributed by atoms with van der Waals surface area (Å²) in [5, 5.41) is 4.97. The molecule has 1 aliphatic rings. The second-order valence-corrected chi connectivity index (χ2v) is 5.11. The highest BCUT2D eigenvalue weighted by Gasteiger charge is 2.27. The maximum absolute atomic E-state index is 11.0. The van der Waals surface area contributed by atoms with E-state index in [4.69, 9.17) is 9.88 Å². The summed E-state index contributed by atoms with van der Waals surface area (Å²) in [4.78, 5) is 0. The molecule has 0 spiro atoms. The Morgan fingerprint density at radius 2 is 2.25 bits per heavy atom. The zero-order valence-corrected chi connectivity index (χ0v) is 9.75. The van der Waals surface area contributed by atoms with Crippen LogP contribution in [0.5, 0.6) is 5.75 Å². The van der Waals surface area contributed by atoms with Gasteiger partial charge in [-0.25, -0.2) is 5.14 Å². The van der Waals surface area contributed by atoms with Crippen molar-refractivity contribution in [2.75, 3.05) is 7.11 Å². The molecule has 6 heteroatoms. The van der Waals surface area contributed by atoms with E-state index in [-0.39, 0.29) is 6.04 Å². The lowest BCUT2D eigenvalue weighted by atomic mass is 10.1. The zero-order chi connectivity index (χ0) is 11.8. The number of hydrogen-bond acceptors (Lipinski definition) is 3. The SMILES string of the molecule is COc1cccc2c1CCC2NS(N)(=O)=O. The van der Waals surface area contributed by atoms with Crippen LogP contribution < -0.4 is 14.6 Å². The molecule has 3 N–H and O–H groups in total. The molecule has 0 amide bonds. The van der Waals surface area contributed by atoms with Gasteiger partial charge < -0.3 is 4.74 Å². The molecule has 1 aromatic rings. The number of nitrogens with one attached hydrogen (secondary N) is 1. The molecule has 16 heavy (non-hydrogen) atoms. The van der Waals surface area contributed by atoms with Gasteiger partial charge in [-0.05, 0) is 30.0 Å². The molecule has 0 heterocycles. The van der Waals surface area contributed by atoms with E-state index < -0.39 is 10.2 Å². The van der Waals surface area contributed by atoms with Crippen LogP contribution in [0, 0.1) is 0 Å². The van der Waals surface area contributed by atoms with Gasteiger partial charge in [0.1, 0.15) is 5.75 Å². The van der Waals surface area contributed by atoms with E-state index in [0.717, 1.165) is 23.3 Å². The maximum atomic E-state index is 11.0. The Bertz CT molecular complexity index is 499. The minimum Gasteiger partial charge on any atom is -0.496 e. The van der Waals surface area contributed by atoms with Crippen molar-refractivity contribution in [1.29, 1.82) is 0 Å². The summed E-state index contributed by atoms with van der Waals surface area (Å²) in [5.41, 5.74) is 2.01. The first kappa shape index (κ1) is 11.4. The van der Waals surface area contributed by atoms with Crippen LogP contribution in [-0.4, -0.2) is 15.5 Å². The van der Waals surface area contributed by atoms with Crippen LogP contribution in [0.3, 0.4) is 0 Å². The molecule has 0 radical (unpaired) electrons. The molecule has 2 rings (SSSR count). The molecule has 0 fully saturated rings. The number of hydrogen-bond donors (Lipinski definition) is 2. The van der Waals surface area contributed by atoms with Gasteiger partial charge >= 0.3 is 0 Å². The van der Waals surface area contributed by atoms with Gasteiger partial charge in [-0.1, -0.05) is 12.1 Å². The summed E-state index contributed by atoms with van der Waals surface area (Å²) < 4.78 is 29.6. The summed E-state index contributed by atoms with van der Waals surface area (Å²) in [5.74, 6) is 0.802. The molecular weight excluding hydrogens is 228 g/mol. The first-order chi connectivity index (χ1) is 7.51. The second kappa shape index (κ2) is 4.04. The van der Waals surface area contributed by atoms with E-state index in [2.05, 4.69) is 4.72 Å². The summed E-state index contributed by atoms with van der Waals surface area (Å²) in [7, 11) is -2.05. The van der Waals surface area contributed by atoms with E-state index in [1.165, 1.54) is 0 Å². The third-order valence-corrected chi connectivity index (χ3v) is 3.37. The first-order valence-corrected chi connectivity index (χ1v) is 6.52. The van der Waals surface area contributed by atoms with Gasteiger partial charge in [0, 0.05) is 6.04 Å². The Morgan fingerprint density at radius 1 is 1.50 bits per heavy atom. The van der Waals surface area contributed by atoms with Crippen LogP contribution in [0.25, 0.3) is 0 Å². The molecular formula is C10H14N2O3S. The highest BCUT2D eigenvalue weighted by atomic mass is 32.2. The predicted octanol–water partition coefficient (Wildman–Crippen LogP) is 0.476. The first-order valence-electron chi connectivity index (χ1n) is 4.97. The molecule has 1 unspecified atom stereocenters. The van der Waals surface area contributed by atoms with E-state index >= 15 is 0 Å². The van der Waals surface area contributed by atoms with E-state index in [1.807, 2.05) is 18.2 Å². The fourth-order valence-corrected chi connectivity index (χ4v) is 2.77. The Balaban J connectivity index is 2.33. The molecule has 0 aliphatic heterocycles. The van der Waals surface area contributed by atoms with Crippen LogP contribution in [-0.2, 0) is 16.6 Å². The average molecular weight is 242 g/mol. The lowest BCUT2D eigenvalue weighted by Gasteiger charge is -2.12. The van der Waals surface area contributed by atoms with Gasteiger partial charge in [-0.2, -0.15) is 13.1 Å². The molecule has 88 valence electrons. The third kappa shape index (κ3) is 2.18. The van der Waals surface area contributed by atoms with Gasteiger partial charge in [0.15, 0.2) is 0 Å². The number of fused-ring (bicyclic) bond motifs is 1. The third-order valence-electron chi connectivity index (χ3n) is 2.75.